The summed E-state index contributed by atoms with van der Waals surface area (Å²) in [7, 11) is 0.277. The number of rotatable bonds is 10. The Morgan fingerprint density at radius 3 is 2.32 bits per heavy atom. The Morgan fingerprint density at radius 2 is 1.68 bits per heavy atom. The average molecular weight is 702 g/mol. The quantitative estimate of drug-likeness (QED) is 0.299. The number of pyridine rings is 1. The van der Waals surface area contributed by atoms with Gasteiger partial charge in [0.05, 0.1) is 38.1 Å². The van der Waals surface area contributed by atoms with Crippen LogP contribution < -0.4 is 18.5 Å². The van der Waals surface area contributed by atoms with Crippen molar-refractivity contribution < 1.29 is 32.2 Å². The number of carbonyl (C=O) groups excluding carboxylic acids is 2. The largest absolute Gasteiger partial charge is 0.497 e. The van der Waals surface area contributed by atoms with E-state index in [2.05, 4.69) is 23.0 Å². The first-order valence-corrected chi connectivity index (χ1v) is 18.4. The number of aromatic nitrogens is 1. The molecule has 0 saturated carbocycles. The number of sulfonamides is 1. The molecule has 3 aliphatic rings. The Morgan fingerprint density at radius 1 is 0.980 bits per heavy atom. The maximum absolute atomic E-state index is 15.2. The molecule has 12 nitrogen and oxygen atoms in total. The molecule has 3 aromatic rings. The van der Waals surface area contributed by atoms with Gasteiger partial charge in [0, 0.05) is 37.3 Å². The summed E-state index contributed by atoms with van der Waals surface area (Å²) in [5.41, 5.74) is -1.18. The van der Waals surface area contributed by atoms with Crippen LogP contribution in [0.2, 0.25) is 0 Å². The number of hydrogen-bond donors (Lipinski definition) is 0. The summed E-state index contributed by atoms with van der Waals surface area (Å²) in [5, 5.41) is 9.96. The highest BCUT2D eigenvalue weighted by Gasteiger charge is 2.59. The van der Waals surface area contributed by atoms with Gasteiger partial charge in [-0.15, -0.1) is 0 Å². The summed E-state index contributed by atoms with van der Waals surface area (Å²) in [4.78, 5) is 38.0. The molecule has 0 bridgehead atoms. The fourth-order valence-corrected chi connectivity index (χ4v) is 9.43. The highest BCUT2D eigenvalue weighted by Crippen LogP contribution is 2.53. The molecule has 1 atom stereocenters. The number of amides is 2. The number of carbonyl (C=O) groups is 2. The van der Waals surface area contributed by atoms with Gasteiger partial charge in [0.25, 0.3) is 15.9 Å². The lowest BCUT2D eigenvalue weighted by Gasteiger charge is -2.40. The predicted molar refractivity (Wildman–Crippen MR) is 186 cm³/mol. The van der Waals surface area contributed by atoms with Gasteiger partial charge in [0.1, 0.15) is 21.8 Å². The third-order valence-corrected chi connectivity index (χ3v) is 12.2. The smallest absolute Gasteiger partial charge is 0.274 e. The van der Waals surface area contributed by atoms with Crippen LogP contribution >= 0.6 is 0 Å². The molecule has 1 unspecified atom stereocenters. The Kier molecular flexibility index (Phi) is 10.0. The van der Waals surface area contributed by atoms with Crippen molar-refractivity contribution in [1.29, 1.82) is 5.26 Å². The van der Waals surface area contributed by atoms with Crippen molar-refractivity contribution in [2.75, 3.05) is 58.4 Å². The van der Waals surface area contributed by atoms with E-state index in [0.717, 1.165) is 43.1 Å². The van der Waals surface area contributed by atoms with Crippen molar-refractivity contribution in [1.82, 2.24) is 14.8 Å². The number of nitrogens with zero attached hydrogens (tertiary/aromatic N) is 5. The zero-order chi connectivity index (χ0) is 35.6. The Bertz CT molecular complexity index is 1910. The first-order chi connectivity index (χ1) is 24.1. The summed E-state index contributed by atoms with van der Waals surface area (Å²) in [6, 6.07) is 14.0. The molecule has 6 rings (SSSR count). The Balaban J connectivity index is 1.45. The third kappa shape index (κ3) is 6.15. The lowest BCUT2D eigenvalue weighted by Crippen LogP contribution is -2.49. The second kappa shape index (κ2) is 14.3. The van der Waals surface area contributed by atoms with Crippen LogP contribution in [0.1, 0.15) is 55.7 Å². The zero-order valence-electron chi connectivity index (χ0n) is 28.9. The third-order valence-electron chi connectivity index (χ3n) is 10.5. The molecular weight excluding hydrogens is 659 g/mol. The van der Waals surface area contributed by atoms with Gasteiger partial charge in [-0.2, -0.15) is 5.26 Å². The number of nitriles is 1. The number of hydrogen-bond acceptors (Lipinski definition) is 10. The van der Waals surface area contributed by atoms with Crippen LogP contribution in [0.5, 0.6) is 17.4 Å². The molecule has 2 amide bonds. The van der Waals surface area contributed by atoms with Crippen LogP contribution in [0, 0.1) is 23.2 Å². The second-order valence-corrected chi connectivity index (χ2v) is 14.9. The van der Waals surface area contributed by atoms with Crippen molar-refractivity contribution in [3.8, 4) is 23.4 Å². The van der Waals surface area contributed by atoms with Gasteiger partial charge < -0.3 is 24.0 Å². The molecular formula is C37H43N5O7S. The normalized spacial score (nSPS) is 20.3. The van der Waals surface area contributed by atoms with E-state index in [4.69, 9.17) is 14.2 Å². The molecule has 1 aromatic heterocycles. The van der Waals surface area contributed by atoms with Gasteiger partial charge in [-0.25, -0.2) is 17.7 Å². The van der Waals surface area contributed by atoms with Crippen LogP contribution in [-0.2, 0) is 25.0 Å². The topological polar surface area (TPSA) is 142 Å². The van der Waals surface area contributed by atoms with Crippen molar-refractivity contribution >= 4 is 27.5 Å². The minimum atomic E-state index is -4.65. The number of benzene rings is 2. The highest BCUT2D eigenvalue weighted by atomic mass is 32.2. The molecule has 4 heterocycles. The van der Waals surface area contributed by atoms with Crippen LogP contribution in [0.25, 0.3) is 0 Å². The maximum Gasteiger partial charge on any atom is 0.274 e. The minimum absolute atomic E-state index is 0.0233. The predicted octanol–water partition coefficient (Wildman–Crippen LogP) is 4.36. The number of piperidine rings is 2. The van der Waals surface area contributed by atoms with Crippen molar-refractivity contribution in [2.24, 2.45) is 11.8 Å². The molecule has 264 valence electrons. The summed E-state index contributed by atoms with van der Waals surface area (Å²) in [6.07, 6.45) is 5.16. The lowest BCUT2D eigenvalue weighted by atomic mass is 9.72. The fraction of sp³-hybridized carbons (Fsp3) is 0.459. The van der Waals surface area contributed by atoms with Gasteiger partial charge in [0.15, 0.2) is 0 Å². The number of anilines is 1. The molecule has 2 saturated heterocycles. The van der Waals surface area contributed by atoms with Crippen molar-refractivity contribution in [2.45, 2.75) is 49.3 Å². The summed E-state index contributed by atoms with van der Waals surface area (Å²) < 4.78 is 46.7. The minimum Gasteiger partial charge on any atom is -0.497 e. The molecule has 50 heavy (non-hydrogen) atoms. The molecule has 0 aliphatic carbocycles. The lowest BCUT2D eigenvalue weighted by molar-refractivity contribution is -0.136. The number of methoxy groups -OCH3 is 2. The molecule has 2 aromatic carbocycles. The van der Waals surface area contributed by atoms with Crippen LogP contribution in [-0.4, -0.2) is 89.1 Å². The second-order valence-electron chi connectivity index (χ2n) is 13.2. The van der Waals surface area contributed by atoms with Crippen molar-refractivity contribution in [3.63, 3.8) is 0 Å². The van der Waals surface area contributed by atoms with Gasteiger partial charge in [-0.1, -0.05) is 6.07 Å². The van der Waals surface area contributed by atoms with Gasteiger partial charge in [-0.05, 0) is 107 Å². The maximum atomic E-state index is 15.2. The molecule has 2 fully saturated rings. The Labute approximate surface area is 293 Å². The van der Waals surface area contributed by atoms with E-state index in [1.165, 1.54) is 56.8 Å². The molecule has 13 heteroatoms. The molecule has 0 spiro atoms. The van der Waals surface area contributed by atoms with E-state index in [0.29, 0.717) is 30.7 Å². The highest BCUT2D eigenvalue weighted by molar-refractivity contribution is 7.93. The SMILES string of the molecule is CCOc1ncccc1C1(CC(=O)N2CCC(C3CCN(C)CC3)CC2)C(=O)N(S(=O)(=O)c2ccc(OC)cc2OC)c2ccc(C#N)cc21. The summed E-state index contributed by atoms with van der Waals surface area (Å²) in [6.45, 7) is 5.23. The average Bonchev–Trinajstić information content (AvgIpc) is 3.39. The summed E-state index contributed by atoms with van der Waals surface area (Å²) >= 11 is 0. The number of fused-ring (bicyclic) bond motifs is 1. The van der Waals surface area contributed by atoms with Crippen LogP contribution in [0.3, 0.4) is 0 Å². The fourth-order valence-electron chi connectivity index (χ4n) is 7.80. The molecule has 0 radical (unpaired) electrons. The van der Waals surface area contributed by atoms with E-state index in [1.54, 1.807) is 24.0 Å². The van der Waals surface area contributed by atoms with E-state index >= 15 is 4.79 Å². The van der Waals surface area contributed by atoms with Gasteiger partial charge in [-0.3, -0.25) is 9.59 Å². The first kappa shape index (κ1) is 35.2. The zero-order valence-corrected chi connectivity index (χ0v) is 29.7. The Hall–Kier alpha value is -4.67. The van der Waals surface area contributed by atoms with E-state index < -0.39 is 21.3 Å². The van der Waals surface area contributed by atoms with Crippen LogP contribution in [0.15, 0.2) is 59.6 Å². The summed E-state index contributed by atoms with van der Waals surface area (Å²) in [5.74, 6) is 0.433. The number of likely N-dealkylation sites (tertiary alicyclic amines) is 2. The first-order valence-electron chi connectivity index (χ1n) is 17.0. The standard InChI is InChI=1S/C37H43N5O7S/c1-5-49-35-29(7-6-16-39-35)37(23-34(43)41-19-14-27(15-20-41)26-12-17-40(2)18-13-26)30-21-25(24-38)8-10-31(30)42(36(37)44)50(45,46)33-11-9-28(47-3)22-32(33)48-4/h6-11,16,21-22,26-27H,5,12-15,17-20,23H2,1-4H3. The van der Waals surface area contributed by atoms with E-state index in [9.17, 15) is 18.5 Å². The monoisotopic (exact) mass is 701 g/mol. The van der Waals surface area contributed by atoms with E-state index in [1.807, 2.05) is 0 Å². The van der Waals surface area contributed by atoms with Crippen molar-refractivity contribution in [3.05, 3.63) is 71.4 Å². The van der Waals surface area contributed by atoms with E-state index in [-0.39, 0.29) is 57.8 Å². The number of ether oxygens (including phenoxy) is 3. The van der Waals surface area contributed by atoms with Gasteiger partial charge in [0.2, 0.25) is 11.8 Å². The molecule has 3 aliphatic heterocycles. The van der Waals surface area contributed by atoms with Crippen LogP contribution in [0.4, 0.5) is 5.69 Å². The molecule has 0 N–H and O–H groups in total. The van der Waals surface area contributed by atoms with Gasteiger partial charge >= 0.3 is 0 Å².